The van der Waals surface area contributed by atoms with Gasteiger partial charge in [-0.25, -0.2) is 15.0 Å². The van der Waals surface area contributed by atoms with E-state index in [0.29, 0.717) is 33.9 Å². The van der Waals surface area contributed by atoms with Crippen LogP contribution in [-0.2, 0) is 6.54 Å². The van der Waals surface area contributed by atoms with Crippen molar-refractivity contribution >= 4 is 29.0 Å². The molecule has 0 radical (unpaired) electrons. The molecule has 0 aromatic heterocycles. The van der Waals surface area contributed by atoms with Crippen molar-refractivity contribution in [1.82, 2.24) is 24.8 Å². The number of aromatic nitrogens is 4. The molecule has 1 saturated heterocycles. The number of nitrogens with zero attached hydrogens (tertiary/aromatic N) is 4. The van der Waals surface area contributed by atoms with Gasteiger partial charge in [0.05, 0.1) is 18.9 Å². The van der Waals surface area contributed by atoms with Crippen molar-refractivity contribution in [3.05, 3.63) is 46.0 Å². The fourth-order valence-electron chi connectivity index (χ4n) is 3.17. The predicted octanol–water partition coefficient (Wildman–Crippen LogP) is 3.53. The molecule has 0 bridgehead atoms. The minimum absolute atomic E-state index is 0.165. The van der Waals surface area contributed by atoms with Crippen LogP contribution in [0.2, 0.25) is 10.0 Å². The van der Waals surface area contributed by atoms with Gasteiger partial charge in [0, 0.05) is 15.6 Å². The van der Waals surface area contributed by atoms with E-state index < -0.39 is 0 Å². The number of hydrogen-bond acceptors (Lipinski definition) is 5. The van der Waals surface area contributed by atoms with Crippen LogP contribution in [0.3, 0.4) is 0 Å². The Morgan fingerprint density at radius 2 is 2.00 bits per heavy atom. The van der Waals surface area contributed by atoms with E-state index >= 15 is 0 Å². The van der Waals surface area contributed by atoms with Crippen molar-refractivity contribution in [3.63, 3.8) is 0 Å². The Bertz CT molecular complexity index is 851. The number of rotatable bonds is 3. The molecular weight excluding hydrogens is 359 g/mol. The van der Waals surface area contributed by atoms with E-state index in [2.05, 4.69) is 15.3 Å². The van der Waals surface area contributed by atoms with Crippen LogP contribution in [0.1, 0.15) is 36.7 Å². The molecule has 3 heterocycles. The van der Waals surface area contributed by atoms with Gasteiger partial charge in [-0.3, -0.25) is 0 Å². The van der Waals surface area contributed by atoms with Crippen LogP contribution < -0.4 is 11.1 Å². The van der Waals surface area contributed by atoms with Gasteiger partial charge in [-0.1, -0.05) is 35.7 Å². The summed E-state index contributed by atoms with van der Waals surface area (Å²) in [4.78, 5) is 13.6. The summed E-state index contributed by atoms with van der Waals surface area (Å²) in [5, 5.41) is 4.69. The summed E-state index contributed by atoms with van der Waals surface area (Å²) in [5.41, 5.74) is 7.46. The zero-order valence-corrected chi connectivity index (χ0v) is 15.1. The van der Waals surface area contributed by atoms with Gasteiger partial charge in [-0.15, -0.1) is 0 Å². The number of benzene rings is 1. The molecule has 1 aromatic rings. The van der Waals surface area contributed by atoms with Crippen LogP contribution in [0.5, 0.6) is 0 Å². The number of imidazole rings is 1. The fraction of sp³-hybridized carbons (Fsp3) is 0.353. The van der Waals surface area contributed by atoms with Crippen LogP contribution in [0.15, 0.2) is 24.5 Å². The van der Waals surface area contributed by atoms with E-state index in [4.69, 9.17) is 33.9 Å². The molecule has 1 atom stereocenters. The molecule has 1 unspecified atom stereocenters. The molecule has 0 spiro atoms. The van der Waals surface area contributed by atoms with Crippen molar-refractivity contribution < 1.29 is 0 Å². The molecule has 8 heteroatoms. The molecular formula is C17H18Cl2N6. The van der Waals surface area contributed by atoms with Gasteiger partial charge in [-0.05, 0) is 31.5 Å². The lowest BCUT2D eigenvalue weighted by atomic mass is 10.0. The molecule has 4 rings (SSSR count). The highest BCUT2D eigenvalue weighted by molar-refractivity contribution is 6.35. The van der Waals surface area contributed by atoms with E-state index in [1.54, 1.807) is 6.33 Å². The quantitative estimate of drug-likeness (QED) is 0.730. The Hall–Kier alpha value is -1.89. The highest BCUT2D eigenvalue weighted by Crippen LogP contribution is 2.31. The lowest BCUT2D eigenvalue weighted by Gasteiger charge is -2.20. The number of nitrogens with two attached hydrogens (primary N) is 1. The molecule has 0 saturated carbocycles. The lowest BCUT2D eigenvalue weighted by Crippen LogP contribution is -2.27. The first kappa shape index (κ1) is 16.6. The summed E-state index contributed by atoms with van der Waals surface area (Å²) < 4.78 is 1.89. The summed E-state index contributed by atoms with van der Waals surface area (Å²) in [6.07, 6.45) is 5.04. The molecule has 0 aliphatic carbocycles. The summed E-state index contributed by atoms with van der Waals surface area (Å²) in [6, 6.07) is 5.63. The maximum atomic E-state index is 6.30. The van der Waals surface area contributed by atoms with Crippen LogP contribution in [0, 0.1) is 0 Å². The van der Waals surface area contributed by atoms with Crippen molar-refractivity contribution in [3.8, 4) is 11.5 Å². The van der Waals surface area contributed by atoms with Gasteiger partial charge in [0.25, 0.3) is 0 Å². The third-order valence-electron chi connectivity index (χ3n) is 4.52. The standard InChI is InChI=1S/C17H18Cl2N6/c18-11-4-3-5-12(19)10(11)8-25-9-22-15(20)14-17(25)24-16(23-14)13-6-1-2-7-21-13/h3-5,9,13,21H,1-2,6-8,20H2. The molecule has 3 aliphatic rings. The van der Waals surface area contributed by atoms with E-state index in [0.717, 1.165) is 24.4 Å². The van der Waals surface area contributed by atoms with Gasteiger partial charge in [0.1, 0.15) is 5.82 Å². The van der Waals surface area contributed by atoms with Crippen LogP contribution in [0.4, 0.5) is 5.82 Å². The minimum Gasteiger partial charge on any atom is -0.382 e. The lowest BCUT2D eigenvalue weighted by molar-refractivity contribution is 0.399. The van der Waals surface area contributed by atoms with E-state index in [9.17, 15) is 0 Å². The Kier molecular flexibility index (Phi) is 4.50. The van der Waals surface area contributed by atoms with Crippen LogP contribution >= 0.6 is 23.2 Å². The zero-order valence-electron chi connectivity index (χ0n) is 13.5. The molecule has 1 aromatic carbocycles. The molecule has 3 aliphatic heterocycles. The second kappa shape index (κ2) is 6.78. The number of anilines is 1. The topological polar surface area (TPSA) is 81.6 Å². The fourth-order valence-corrected chi connectivity index (χ4v) is 3.69. The Morgan fingerprint density at radius 1 is 1.20 bits per heavy atom. The van der Waals surface area contributed by atoms with Crippen molar-refractivity contribution in [2.45, 2.75) is 31.8 Å². The van der Waals surface area contributed by atoms with Crippen molar-refractivity contribution in [1.29, 1.82) is 0 Å². The Morgan fingerprint density at radius 3 is 2.72 bits per heavy atom. The van der Waals surface area contributed by atoms with E-state index in [1.165, 1.54) is 12.8 Å². The summed E-state index contributed by atoms with van der Waals surface area (Å²) in [5.74, 6) is 1.85. The molecule has 3 N–H and O–H groups in total. The number of piperidine rings is 1. The van der Waals surface area contributed by atoms with Crippen LogP contribution in [0.25, 0.3) is 11.5 Å². The maximum Gasteiger partial charge on any atom is 0.166 e. The van der Waals surface area contributed by atoms with E-state index in [-0.39, 0.29) is 6.04 Å². The SMILES string of the molecule is Nc1ncn(Cc2c(Cl)cccc2Cl)c2nc(C3CCCCN3)nc1-2. The van der Waals surface area contributed by atoms with E-state index in [1.807, 2.05) is 22.8 Å². The average Bonchev–Trinajstić information content (AvgIpc) is 3.07. The number of nitrogen functional groups attached to an aromatic ring is 1. The Balaban J connectivity index is 1.74. The first-order valence-electron chi connectivity index (χ1n) is 8.28. The van der Waals surface area contributed by atoms with Gasteiger partial charge < -0.3 is 15.6 Å². The second-order valence-electron chi connectivity index (χ2n) is 6.21. The second-order valence-corrected chi connectivity index (χ2v) is 7.03. The normalized spacial score (nSPS) is 17.9. The first-order valence-corrected chi connectivity index (χ1v) is 9.03. The smallest absolute Gasteiger partial charge is 0.166 e. The largest absolute Gasteiger partial charge is 0.382 e. The molecule has 0 amide bonds. The number of hydrogen-bond donors (Lipinski definition) is 2. The minimum atomic E-state index is 0.165. The van der Waals surface area contributed by atoms with Crippen molar-refractivity contribution in [2.75, 3.05) is 12.3 Å². The molecule has 1 fully saturated rings. The number of halogens is 2. The third kappa shape index (κ3) is 3.17. The molecule has 6 nitrogen and oxygen atoms in total. The van der Waals surface area contributed by atoms with Crippen molar-refractivity contribution in [2.24, 2.45) is 0 Å². The molecule has 25 heavy (non-hydrogen) atoms. The first-order chi connectivity index (χ1) is 12.1. The van der Waals surface area contributed by atoms with Gasteiger partial charge in [0.2, 0.25) is 0 Å². The van der Waals surface area contributed by atoms with Gasteiger partial charge in [0.15, 0.2) is 17.3 Å². The zero-order chi connectivity index (χ0) is 17.4. The highest BCUT2D eigenvalue weighted by Gasteiger charge is 2.25. The van der Waals surface area contributed by atoms with Gasteiger partial charge in [-0.2, -0.15) is 0 Å². The highest BCUT2D eigenvalue weighted by atomic mass is 35.5. The predicted molar refractivity (Wildman–Crippen MR) is 99.0 cm³/mol. The Labute approximate surface area is 155 Å². The number of fused-ring (bicyclic) bond motifs is 1. The summed E-state index contributed by atoms with van der Waals surface area (Å²) in [6.45, 7) is 1.44. The molecule has 130 valence electrons. The van der Waals surface area contributed by atoms with Gasteiger partial charge >= 0.3 is 0 Å². The maximum absolute atomic E-state index is 6.30. The monoisotopic (exact) mass is 376 g/mol. The number of nitrogens with one attached hydrogen (secondary N) is 1. The summed E-state index contributed by atoms with van der Waals surface area (Å²) in [7, 11) is 0. The van der Waals surface area contributed by atoms with Crippen LogP contribution in [-0.4, -0.2) is 26.1 Å². The average molecular weight is 377 g/mol. The third-order valence-corrected chi connectivity index (χ3v) is 5.23. The summed E-state index contributed by atoms with van der Waals surface area (Å²) >= 11 is 12.6.